The van der Waals surface area contributed by atoms with Gasteiger partial charge in [0.1, 0.15) is 0 Å². The van der Waals surface area contributed by atoms with E-state index in [0.29, 0.717) is 19.2 Å². The van der Waals surface area contributed by atoms with Crippen molar-refractivity contribution in [2.75, 3.05) is 32.5 Å². The summed E-state index contributed by atoms with van der Waals surface area (Å²) in [7, 11) is -3.11. The van der Waals surface area contributed by atoms with E-state index in [9.17, 15) is 8.42 Å². The van der Waals surface area contributed by atoms with Gasteiger partial charge in [0.2, 0.25) is 10.0 Å². The minimum absolute atomic E-state index is 0.0345. The molecule has 1 saturated heterocycles. The first-order valence-electron chi connectivity index (χ1n) is 7.41. The van der Waals surface area contributed by atoms with Gasteiger partial charge in [-0.05, 0) is 26.0 Å². The van der Waals surface area contributed by atoms with Gasteiger partial charge in [-0.2, -0.15) is 0 Å². The summed E-state index contributed by atoms with van der Waals surface area (Å²) in [6.45, 7) is 4.82. The van der Waals surface area contributed by atoms with Crippen LogP contribution in [0.2, 0.25) is 5.02 Å². The first kappa shape index (κ1) is 17.7. The average Bonchev–Trinajstić information content (AvgIpc) is 2.45. The van der Waals surface area contributed by atoms with Gasteiger partial charge in [-0.15, -0.1) is 0 Å². The van der Waals surface area contributed by atoms with Crippen LogP contribution in [0.15, 0.2) is 24.3 Å². The van der Waals surface area contributed by atoms with Crippen molar-refractivity contribution in [3.63, 3.8) is 0 Å². The molecule has 0 bridgehead atoms. The molecule has 0 radical (unpaired) electrons. The van der Waals surface area contributed by atoms with Crippen LogP contribution in [0.1, 0.15) is 25.0 Å². The summed E-state index contributed by atoms with van der Waals surface area (Å²) in [6.07, 6.45) is 1.91. The van der Waals surface area contributed by atoms with E-state index in [-0.39, 0.29) is 6.10 Å². The SMILES string of the molecule is C[C@H]1CO[C@H](c2ccccc2Cl)CN1CCCNS(C)(=O)=O. The van der Waals surface area contributed by atoms with E-state index in [1.54, 1.807) is 0 Å². The van der Waals surface area contributed by atoms with Crippen molar-refractivity contribution in [2.24, 2.45) is 0 Å². The molecule has 5 nitrogen and oxygen atoms in total. The number of halogens is 1. The van der Waals surface area contributed by atoms with Gasteiger partial charge in [0.25, 0.3) is 0 Å². The summed E-state index contributed by atoms with van der Waals surface area (Å²) >= 11 is 6.24. The normalized spacial score (nSPS) is 23.6. The van der Waals surface area contributed by atoms with Gasteiger partial charge in [0, 0.05) is 29.7 Å². The van der Waals surface area contributed by atoms with E-state index in [1.807, 2.05) is 24.3 Å². The number of morpholine rings is 1. The lowest BCUT2D eigenvalue weighted by Gasteiger charge is -2.38. The van der Waals surface area contributed by atoms with Gasteiger partial charge in [0.05, 0.1) is 19.0 Å². The van der Waals surface area contributed by atoms with Crippen LogP contribution in [0.5, 0.6) is 0 Å². The van der Waals surface area contributed by atoms with Gasteiger partial charge >= 0.3 is 0 Å². The number of hydrogen-bond donors (Lipinski definition) is 1. The Morgan fingerprint density at radius 2 is 2.14 bits per heavy atom. The average molecular weight is 347 g/mol. The van der Waals surface area contributed by atoms with Crippen molar-refractivity contribution >= 4 is 21.6 Å². The fraction of sp³-hybridized carbons (Fsp3) is 0.600. The molecule has 124 valence electrons. The topological polar surface area (TPSA) is 58.6 Å². The molecule has 1 aromatic carbocycles. The van der Waals surface area contributed by atoms with E-state index in [1.165, 1.54) is 6.26 Å². The molecule has 1 heterocycles. The summed E-state index contributed by atoms with van der Waals surface area (Å²) in [5, 5.41) is 0.723. The smallest absolute Gasteiger partial charge is 0.208 e. The van der Waals surface area contributed by atoms with Crippen LogP contribution in [0.4, 0.5) is 0 Å². The zero-order chi connectivity index (χ0) is 16.2. The largest absolute Gasteiger partial charge is 0.371 e. The van der Waals surface area contributed by atoms with E-state index >= 15 is 0 Å². The number of ether oxygens (including phenoxy) is 1. The van der Waals surface area contributed by atoms with Crippen molar-refractivity contribution < 1.29 is 13.2 Å². The molecule has 0 unspecified atom stereocenters. The van der Waals surface area contributed by atoms with Gasteiger partial charge in [0.15, 0.2) is 0 Å². The molecule has 22 heavy (non-hydrogen) atoms. The Morgan fingerprint density at radius 1 is 1.41 bits per heavy atom. The van der Waals surface area contributed by atoms with Gasteiger partial charge in [-0.3, -0.25) is 4.90 Å². The maximum absolute atomic E-state index is 11.1. The second-order valence-electron chi connectivity index (χ2n) is 5.71. The highest BCUT2D eigenvalue weighted by atomic mass is 35.5. The lowest BCUT2D eigenvalue weighted by molar-refractivity contribution is -0.0600. The van der Waals surface area contributed by atoms with Crippen molar-refractivity contribution in [1.82, 2.24) is 9.62 Å². The monoisotopic (exact) mass is 346 g/mol. The van der Waals surface area contributed by atoms with E-state index in [4.69, 9.17) is 16.3 Å². The molecule has 2 rings (SSSR count). The van der Waals surface area contributed by atoms with Gasteiger partial charge in [-0.1, -0.05) is 29.8 Å². The molecule has 7 heteroatoms. The Bertz CT molecular complexity index is 594. The number of sulfonamides is 1. The second-order valence-corrected chi connectivity index (χ2v) is 7.95. The molecular formula is C15H23ClN2O3S. The third-order valence-electron chi connectivity index (χ3n) is 3.80. The van der Waals surface area contributed by atoms with Gasteiger partial charge < -0.3 is 4.74 Å². The third-order valence-corrected chi connectivity index (χ3v) is 4.87. The fourth-order valence-corrected chi connectivity index (χ4v) is 3.35. The summed E-state index contributed by atoms with van der Waals surface area (Å²) < 4.78 is 30.6. The van der Waals surface area contributed by atoms with Crippen LogP contribution in [0, 0.1) is 0 Å². The maximum Gasteiger partial charge on any atom is 0.208 e. The fourth-order valence-electron chi connectivity index (χ4n) is 2.58. The lowest BCUT2D eigenvalue weighted by Crippen LogP contribution is -2.46. The molecular weight excluding hydrogens is 324 g/mol. The molecule has 1 fully saturated rings. The molecule has 1 aromatic rings. The van der Waals surface area contributed by atoms with Crippen molar-refractivity contribution in [3.8, 4) is 0 Å². The Hall–Kier alpha value is -0.660. The summed E-state index contributed by atoms with van der Waals surface area (Å²) in [6, 6.07) is 8.05. The van der Waals surface area contributed by atoms with Crippen LogP contribution in [0.25, 0.3) is 0 Å². The van der Waals surface area contributed by atoms with Crippen LogP contribution < -0.4 is 4.72 Å². The number of rotatable bonds is 6. The zero-order valence-corrected chi connectivity index (χ0v) is 14.5. The van der Waals surface area contributed by atoms with Gasteiger partial charge in [-0.25, -0.2) is 13.1 Å². The second kappa shape index (κ2) is 7.75. The summed E-state index contributed by atoms with van der Waals surface area (Å²) in [5.74, 6) is 0. The number of benzene rings is 1. The van der Waals surface area contributed by atoms with Crippen molar-refractivity contribution in [1.29, 1.82) is 0 Å². The minimum atomic E-state index is -3.11. The van der Waals surface area contributed by atoms with E-state index in [2.05, 4.69) is 16.5 Å². The number of hydrogen-bond acceptors (Lipinski definition) is 4. The molecule has 1 aliphatic rings. The third kappa shape index (κ3) is 5.21. The van der Waals surface area contributed by atoms with Crippen LogP contribution in [-0.4, -0.2) is 51.9 Å². The molecule has 0 aliphatic carbocycles. The Kier molecular flexibility index (Phi) is 6.23. The van der Waals surface area contributed by atoms with E-state index in [0.717, 1.165) is 30.1 Å². The predicted octanol–water partition coefficient (Wildman–Crippen LogP) is 2.04. The first-order valence-corrected chi connectivity index (χ1v) is 9.68. The van der Waals surface area contributed by atoms with Crippen molar-refractivity contribution in [2.45, 2.75) is 25.5 Å². The van der Waals surface area contributed by atoms with Crippen LogP contribution >= 0.6 is 11.6 Å². The number of nitrogens with zero attached hydrogens (tertiary/aromatic N) is 1. The highest BCUT2D eigenvalue weighted by Gasteiger charge is 2.27. The Labute approximate surface area is 137 Å². The molecule has 0 aromatic heterocycles. The maximum atomic E-state index is 11.1. The van der Waals surface area contributed by atoms with E-state index < -0.39 is 10.0 Å². The van der Waals surface area contributed by atoms with Crippen molar-refractivity contribution in [3.05, 3.63) is 34.9 Å². The van der Waals surface area contributed by atoms with Crippen LogP contribution in [0.3, 0.4) is 0 Å². The minimum Gasteiger partial charge on any atom is -0.371 e. The molecule has 2 atom stereocenters. The quantitative estimate of drug-likeness (QED) is 0.801. The highest BCUT2D eigenvalue weighted by Crippen LogP contribution is 2.29. The molecule has 0 saturated carbocycles. The van der Waals surface area contributed by atoms with Crippen LogP contribution in [-0.2, 0) is 14.8 Å². The predicted molar refractivity (Wildman–Crippen MR) is 88.6 cm³/mol. The number of nitrogens with one attached hydrogen (secondary N) is 1. The first-order chi connectivity index (χ1) is 10.4. The lowest BCUT2D eigenvalue weighted by atomic mass is 10.1. The highest BCUT2D eigenvalue weighted by molar-refractivity contribution is 7.88. The molecule has 1 aliphatic heterocycles. The molecule has 0 spiro atoms. The Balaban J connectivity index is 1.90. The molecule has 1 N–H and O–H groups in total. The standard InChI is InChI=1S/C15H23ClN2O3S/c1-12-11-21-15(13-6-3-4-7-14(13)16)10-18(12)9-5-8-17-22(2,19)20/h3-4,6-7,12,15,17H,5,8-11H2,1-2H3/t12-,15-/m0/s1. The summed E-state index contributed by atoms with van der Waals surface area (Å²) in [4.78, 5) is 2.32. The zero-order valence-electron chi connectivity index (χ0n) is 13.0. The Morgan fingerprint density at radius 3 is 2.82 bits per heavy atom. The summed E-state index contributed by atoms with van der Waals surface area (Å²) in [5.41, 5.74) is 1.01. The molecule has 0 amide bonds.